The molecule has 0 saturated carbocycles. The molecule has 1 heterocycles. The Hall–Kier alpha value is -1.39. The van der Waals surface area contributed by atoms with Crippen LogP contribution in [0.5, 0.6) is 0 Å². The zero-order valence-electron chi connectivity index (χ0n) is 10.3. The first-order chi connectivity index (χ1) is 7.41. The predicted molar refractivity (Wildman–Crippen MR) is 60.3 cm³/mol. The zero-order valence-corrected chi connectivity index (χ0v) is 10.3. The highest BCUT2D eigenvalue weighted by Gasteiger charge is 2.33. The lowest BCUT2D eigenvalue weighted by atomic mass is 10.0. The van der Waals surface area contributed by atoms with E-state index in [4.69, 9.17) is 0 Å². The summed E-state index contributed by atoms with van der Waals surface area (Å²) in [6, 6.07) is 0. The summed E-state index contributed by atoms with van der Waals surface area (Å²) in [5.74, 6) is 0.540. The normalized spacial score (nSPS) is 11.8. The van der Waals surface area contributed by atoms with Crippen LogP contribution in [0, 0.1) is 6.92 Å². The maximum absolute atomic E-state index is 11.2. The SMILES string of the molecule is CCCCc1nnc(C)n1C(C)(C)C(=O)O. The van der Waals surface area contributed by atoms with Gasteiger partial charge in [0.05, 0.1) is 0 Å². The van der Waals surface area contributed by atoms with Crippen molar-refractivity contribution in [2.45, 2.75) is 52.5 Å². The molecule has 1 rings (SSSR count). The minimum absolute atomic E-state index is 0.651. The third-order valence-corrected chi connectivity index (χ3v) is 2.73. The van der Waals surface area contributed by atoms with Crippen LogP contribution in [0.1, 0.15) is 45.3 Å². The summed E-state index contributed by atoms with van der Waals surface area (Å²) in [7, 11) is 0. The van der Waals surface area contributed by atoms with Gasteiger partial charge in [-0.15, -0.1) is 10.2 Å². The minimum atomic E-state index is -0.989. The van der Waals surface area contributed by atoms with Crippen LogP contribution in [0.4, 0.5) is 0 Å². The number of rotatable bonds is 5. The number of carboxylic acids is 1. The first kappa shape index (κ1) is 12.7. The molecule has 5 heteroatoms. The Balaban J connectivity index is 3.11. The van der Waals surface area contributed by atoms with E-state index in [9.17, 15) is 9.90 Å². The second-order valence-electron chi connectivity index (χ2n) is 4.47. The molecule has 0 aromatic carbocycles. The van der Waals surface area contributed by atoms with Crippen molar-refractivity contribution in [3.8, 4) is 0 Å². The summed E-state index contributed by atoms with van der Waals surface area (Å²) < 4.78 is 1.71. The Morgan fingerprint density at radius 3 is 2.56 bits per heavy atom. The highest BCUT2D eigenvalue weighted by atomic mass is 16.4. The van der Waals surface area contributed by atoms with Crippen LogP contribution in [0.2, 0.25) is 0 Å². The van der Waals surface area contributed by atoms with Crippen molar-refractivity contribution < 1.29 is 9.90 Å². The van der Waals surface area contributed by atoms with Gasteiger partial charge in [0.2, 0.25) is 0 Å². The van der Waals surface area contributed by atoms with Gasteiger partial charge in [0.15, 0.2) is 0 Å². The number of unbranched alkanes of at least 4 members (excludes halogenated alkanes) is 1. The topological polar surface area (TPSA) is 68.0 Å². The molecule has 0 spiro atoms. The summed E-state index contributed by atoms with van der Waals surface area (Å²) in [4.78, 5) is 11.2. The Bertz CT molecular complexity index is 383. The highest BCUT2D eigenvalue weighted by molar-refractivity contribution is 5.75. The van der Waals surface area contributed by atoms with Gasteiger partial charge in [0, 0.05) is 6.42 Å². The number of hydrogen-bond acceptors (Lipinski definition) is 3. The quantitative estimate of drug-likeness (QED) is 0.829. The van der Waals surface area contributed by atoms with Crippen molar-refractivity contribution >= 4 is 5.97 Å². The Morgan fingerprint density at radius 1 is 1.44 bits per heavy atom. The maximum atomic E-state index is 11.2. The van der Waals surface area contributed by atoms with Gasteiger partial charge in [-0.05, 0) is 27.2 Å². The van der Waals surface area contributed by atoms with Crippen LogP contribution >= 0.6 is 0 Å². The molecule has 0 fully saturated rings. The fraction of sp³-hybridized carbons (Fsp3) is 0.727. The van der Waals surface area contributed by atoms with E-state index in [-0.39, 0.29) is 0 Å². The first-order valence-corrected chi connectivity index (χ1v) is 5.56. The van der Waals surface area contributed by atoms with Gasteiger partial charge in [-0.3, -0.25) is 4.57 Å². The lowest BCUT2D eigenvalue weighted by Gasteiger charge is -2.24. The van der Waals surface area contributed by atoms with Gasteiger partial charge in [-0.25, -0.2) is 4.79 Å². The number of carboxylic acid groups (broad SMARTS) is 1. The number of nitrogens with zero attached hydrogens (tertiary/aromatic N) is 3. The van der Waals surface area contributed by atoms with Crippen molar-refractivity contribution in [1.29, 1.82) is 0 Å². The number of aryl methyl sites for hydroxylation is 2. The molecule has 0 unspecified atom stereocenters. The smallest absolute Gasteiger partial charge is 0.329 e. The van der Waals surface area contributed by atoms with E-state index in [1.54, 1.807) is 25.3 Å². The van der Waals surface area contributed by atoms with Crippen molar-refractivity contribution in [3.63, 3.8) is 0 Å². The molecule has 0 aliphatic heterocycles. The summed E-state index contributed by atoms with van der Waals surface area (Å²) in [5, 5.41) is 17.2. The average Bonchev–Trinajstić information content (AvgIpc) is 2.56. The lowest BCUT2D eigenvalue weighted by Crippen LogP contribution is -2.37. The second kappa shape index (κ2) is 4.63. The van der Waals surface area contributed by atoms with Crippen LogP contribution in [0.25, 0.3) is 0 Å². The standard InChI is InChI=1S/C11H19N3O2/c1-5-6-7-9-13-12-8(2)14(9)11(3,4)10(15)16/h5-7H2,1-4H3,(H,15,16). The van der Waals surface area contributed by atoms with Crippen LogP contribution < -0.4 is 0 Å². The van der Waals surface area contributed by atoms with Gasteiger partial charge >= 0.3 is 5.97 Å². The molecule has 0 atom stereocenters. The Morgan fingerprint density at radius 2 is 2.06 bits per heavy atom. The van der Waals surface area contributed by atoms with E-state index in [2.05, 4.69) is 17.1 Å². The molecule has 0 bridgehead atoms. The molecule has 5 nitrogen and oxygen atoms in total. The molecule has 0 amide bonds. The average molecular weight is 225 g/mol. The van der Waals surface area contributed by atoms with Crippen molar-refractivity contribution in [1.82, 2.24) is 14.8 Å². The largest absolute Gasteiger partial charge is 0.480 e. The number of aromatic nitrogens is 3. The molecular weight excluding hydrogens is 206 g/mol. The van der Waals surface area contributed by atoms with Crippen molar-refractivity contribution in [2.75, 3.05) is 0 Å². The lowest BCUT2D eigenvalue weighted by molar-refractivity contribution is -0.145. The highest BCUT2D eigenvalue weighted by Crippen LogP contribution is 2.20. The second-order valence-corrected chi connectivity index (χ2v) is 4.47. The summed E-state index contributed by atoms with van der Waals surface area (Å²) >= 11 is 0. The number of aliphatic carboxylic acids is 1. The van der Waals surface area contributed by atoms with E-state index in [0.717, 1.165) is 25.1 Å². The number of hydrogen-bond donors (Lipinski definition) is 1. The van der Waals surface area contributed by atoms with Crippen LogP contribution in [-0.4, -0.2) is 25.8 Å². The van der Waals surface area contributed by atoms with Gasteiger partial charge in [0.1, 0.15) is 17.2 Å². The van der Waals surface area contributed by atoms with E-state index in [0.29, 0.717) is 5.82 Å². The fourth-order valence-electron chi connectivity index (χ4n) is 1.73. The van der Waals surface area contributed by atoms with Crippen molar-refractivity contribution in [2.24, 2.45) is 0 Å². The minimum Gasteiger partial charge on any atom is -0.480 e. The predicted octanol–water partition coefficient (Wildman–Crippen LogP) is 1.75. The summed E-state index contributed by atoms with van der Waals surface area (Å²) in [6.45, 7) is 7.21. The molecular formula is C11H19N3O2. The Kier molecular flexibility index (Phi) is 3.67. The molecule has 1 aromatic rings. The molecule has 1 aromatic heterocycles. The van der Waals surface area contributed by atoms with Crippen LogP contribution in [-0.2, 0) is 16.8 Å². The summed E-state index contributed by atoms with van der Waals surface area (Å²) in [6.07, 6.45) is 2.82. The monoisotopic (exact) mass is 225 g/mol. The van der Waals surface area contributed by atoms with Gasteiger partial charge in [0.25, 0.3) is 0 Å². The molecule has 0 saturated heterocycles. The van der Waals surface area contributed by atoms with E-state index in [1.807, 2.05) is 0 Å². The molecule has 0 radical (unpaired) electrons. The zero-order chi connectivity index (χ0) is 12.3. The molecule has 1 N–H and O–H groups in total. The van der Waals surface area contributed by atoms with Gasteiger partial charge < -0.3 is 5.11 Å². The van der Waals surface area contributed by atoms with Gasteiger partial charge in [-0.2, -0.15) is 0 Å². The number of carbonyl (C=O) groups is 1. The Labute approximate surface area is 95.5 Å². The van der Waals surface area contributed by atoms with E-state index < -0.39 is 11.5 Å². The third-order valence-electron chi connectivity index (χ3n) is 2.73. The molecule has 16 heavy (non-hydrogen) atoms. The molecule has 0 aliphatic rings. The molecule has 0 aliphatic carbocycles. The van der Waals surface area contributed by atoms with E-state index in [1.165, 1.54) is 0 Å². The maximum Gasteiger partial charge on any atom is 0.329 e. The first-order valence-electron chi connectivity index (χ1n) is 5.56. The summed E-state index contributed by atoms with van der Waals surface area (Å²) in [5.41, 5.74) is -0.989. The van der Waals surface area contributed by atoms with Crippen LogP contribution in [0.3, 0.4) is 0 Å². The van der Waals surface area contributed by atoms with Gasteiger partial charge in [-0.1, -0.05) is 13.3 Å². The fourth-order valence-corrected chi connectivity index (χ4v) is 1.73. The van der Waals surface area contributed by atoms with Crippen molar-refractivity contribution in [3.05, 3.63) is 11.6 Å². The molecule has 90 valence electrons. The van der Waals surface area contributed by atoms with E-state index >= 15 is 0 Å². The third kappa shape index (κ3) is 2.23. The van der Waals surface area contributed by atoms with Crippen LogP contribution in [0.15, 0.2) is 0 Å².